The van der Waals surface area contributed by atoms with Crippen LogP contribution in [-0.2, 0) is 16.1 Å². The lowest BCUT2D eigenvalue weighted by Crippen LogP contribution is -2.15. The molecule has 0 saturated heterocycles. The fraction of sp³-hybridized carbons (Fsp3) is 0.200. The first-order valence-corrected chi connectivity index (χ1v) is 8.04. The van der Waals surface area contributed by atoms with Crippen molar-refractivity contribution in [3.8, 4) is 5.75 Å². The molecule has 0 aliphatic rings. The van der Waals surface area contributed by atoms with Gasteiger partial charge in [-0.15, -0.1) is 0 Å². The minimum atomic E-state index is -0.320. The number of fused-ring (bicyclic) bond motifs is 1. The lowest BCUT2D eigenvalue weighted by molar-refractivity contribution is -0.138. The van der Waals surface area contributed by atoms with E-state index in [-0.39, 0.29) is 12.5 Å². The van der Waals surface area contributed by atoms with Crippen LogP contribution >= 0.6 is 0 Å². The van der Waals surface area contributed by atoms with Gasteiger partial charge in [0.15, 0.2) is 0 Å². The molecule has 0 spiro atoms. The number of carbonyl (C=O) groups is 1. The van der Waals surface area contributed by atoms with Gasteiger partial charge in [0.2, 0.25) is 0 Å². The molecule has 2 aromatic carbocycles. The van der Waals surface area contributed by atoms with Gasteiger partial charge in [0, 0.05) is 16.8 Å². The summed E-state index contributed by atoms with van der Waals surface area (Å²) in [6.07, 6.45) is 0. The number of nitrogens with zero attached hydrogens (tertiary/aromatic N) is 1. The first-order valence-electron chi connectivity index (χ1n) is 8.04. The number of benzene rings is 2. The van der Waals surface area contributed by atoms with Gasteiger partial charge in [0.05, 0.1) is 12.6 Å². The van der Waals surface area contributed by atoms with Crippen molar-refractivity contribution in [3.63, 3.8) is 0 Å². The van der Waals surface area contributed by atoms with Crippen LogP contribution in [0.5, 0.6) is 5.75 Å². The average molecular weight is 336 g/mol. The third kappa shape index (κ3) is 4.26. The molecule has 0 unspecified atom stereocenters. The number of hydrogen-bond acceptors (Lipinski definition) is 5. The number of methoxy groups -OCH3 is 1. The zero-order valence-electron chi connectivity index (χ0n) is 14.3. The summed E-state index contributed by atoms with van der Waals surface area (Å²) in [5.41, 5.74) is 3.66. The second kappa shape index (κ2) is 7.66. The zero-order chi connectivity index (χ0) is 17.6. The maximum atomic E-state index is 11.4. The van der Waals surface area contributed by atoms with Crippen LogP contribution in [0.15, 0.2) is 54.6 Å². The highest BCUT2D eigenvalue weighted by Gasteiger charge is 2.08. The van der Waals surface area contributed by atoms with Crippen molar-refractivity contribution < 1.29 is 14.3 Å². The Morgan fingerprint density at radius 1 is 1.12 bits per heavy atom. The summed E-state index contributed by atoms with van der Waals surface area (Å²) in [5, 5.41) is 4.01. The third-order valence-electron chi connectivity index (χ3n) is 3.81. The van der Waals surface area contributed by atoms with Crippen LogP contribution in [0.25, 0.3) is 10.9 Å². The largest absolute Gasteiger partial charge is 0.489 e. The summed E-state index contributed by atoms with van der Waals surface area (Å²) in [6.45, 7) is 2.52. The van der Waals surface area contributed by atoms with Crippen molar-refractivity contribution in [1.29, 1.82) is 0 Å². The monoisotopic (exact) mass is 336 g/mol. The Balaban J connectivity index is 1.84. The van der Waals surface area contributed by atoms with Gasteiger partial charge in [-0.1, -0.05) is 30.3 Å². The lowest BCUT2D eigenvalue weighted by atomic mass is 10.1. The molecule has 1 N–H and O–H groups in total. The van der Waals surface area contributed by atoms with Crippen molar-refractivity contribution in [1.82, 2.24) is 4.98 Å². The van der Waals surface area contributed by atoms with E-state index in [4.69, 9.17) is 4.74 Å². The number of hydrogen-bond donors (Lipinski definition) is 1. The topological polar surface area (TPSA) is 60.5 Å². The van der Waals surface area contributed by atoms with Crippen LogP contribution in [0.2, 0.25) is 0 Å². The number of aryl methyl sites for hydroxylation is 1. The van der Waals surface area contributed by atoms with Crippen LogP contribution in [0.3, 0.4) is 0 Å². The second-order valence-electron chi connectivity index (χ2n) is 5.69. The molecule has 5 heteroatoms. The Morgan fingerprint density at radius 3 is 2.68 bits per heavy atom. The highest BCUT2D eigenvalue weighted by molar-refractivity contribution is 5.93. The molecule has 0 radical (unpaired) electrons. The van der Waals surface area contributed by atoms with E-state index in [0.29, 0.717) is 6.61 Å². The number of carbonyl (C=O) groups excluding carboxylic acids is 1. The van der Waals surface area contributed by atoms with Crippen LogP contribution in [0.4, 0.5) is 5.69 Å². The summed E-state index contributed by atoms with van der Waals surface area (Å²) in [5.74, 6) is 0.433. The molecule has 0 aliphatic heterocycles. The van der Waals surface area contributed by atoms with Crippen LogP contribution in [-0.4, -0.2) is 24.6 Å². The Bertz CT molecular complexity index is 879. The van der Waals surface area contributed by atoms with Crippen molar-refractivity contribution >= 4 is 22.6 Å². The van der Waals surface area contributed by atoms with E-state index in [1.54, 1.807) is 0 Å². The van der Waals surface area contributed by atoms with E-state index in [0.717, 1.165) is 33.6 Å². The predicted octanol–water partition coefficient (Wildman–Crippen LogP) is 3.71. The molecule has 128 valence electrons. The molecule has 1 aromatic heterocycles. The standard InChI is InChI=1S/C20H20N2O3/c1-14-10-19(21-12-20(23)24-2)17-11-16(8-9-18(17)22-14)25-13-15-6-4-3-5-7-15/h3-11H,12-13H2,1-2H3,(H,21,22). The van der Waals surface area contributed by atoms with E-state index in [1.807, 2.05) is 61.5 Å². The fourth-order valence-corrected chi connectivity index (χ4v) is 2.55. The molecule has 3 aromatic rings. The molecular formula is C20H20N2O3. The Hall–Kier alpha value is -3.08. The first kappa shape index (κ1) is 16.8. The molecule has 0 aliphatic carbocycles. The highest BCUT2D eigenvalue weighted by Crippen LogP contribution is 2.27. The number of rotatable bonds is 6. The number of anilines is 1. The second-order valence-corrected chi connectivity index (χ2v) is 5.69. The highest BCUT2D eigenvalue weighted by atomic mass is 16.5. The quantitative estimate of drug-likeness (QED) is 0.695. The van der Waals surface area contributed by atoms with Gasteiger partial charge >= 0.3 is 5.97 Å². The van der Waals surface area contributed by atoms with E-state index in [9.17, 15) is 4.79 Å². The SMILES string of the molecule is COC(=O)CNc1cc(C)nc2ccc(OCc3ccccc3)cc12. The molecule has 0 atom stereocenters. The number of nitrogens with one attached hydrogen (secondary N) is 1. The maximum Gasteiger partial charge on any atom is 0.325 e. The van der Waals surface area contributed by atoms with E-state index < -0.39 is 0 Å². The Labute approximate surface area is 146 Å². The van der Waals surface area contributed by atoms with Gasteiger partial charge in [0.25, 0.3) is 0 Å². The minimum Gasteiger partial charge on any atom is -0.489 e. The summed E-state index contributed by atoms with van der Waals surface area (Å²) in [4.78, 5) is 15.9. The van der Waals surface area contributed by atoms with E-state index >= 15 is 0 Å². The van der Waals surface area contributed by atoms with Gasteiger partial charge < -0.3 is 14.8 Å². The molecule has 0 fully saturated rings. The van der Waals surface area contributed by atoms with Crippen LogP contribution in [0.1, 0.15) is 11.3 Å². The molecule has 1 heterocycles. The molecule has 0 bridgehead atoms. The molecular weight excluding hydrogens is 316 g/mol. The van der Waals surface area contributed by atoms with Crippen molar-refractivity contribution in [2.24, 2.45) is 0 Å². The first-order chi connectivity index (χ1) is 12.2. The third-order valence-corrected chi connectivity index (χ3v) is 3.81. The predicted molar refractivity (Wildman–Crippen MR) is 97.8 cm³/mol. The number of aromatic nitrogens is 1. The number of esters is 1. The fourth-order valence-electron chi connectivity index (χ4n) is 2.55. The van der Waals surface area contributed by atoms with Gasteiger partial charge in [-0.25, -0.2) is 0 Å². The summed E-state index contributed by atoms with van der Waals surface area (Å²) < 4.78 is 10.6. The molecule has 0 amide bonds. The summed E-state index contributed by atoms with van der Waals surface area (Å²) in [7, 11) is 1.37. The maximum absolute atomic E-state index is 11.4. The minimum absolute atomic E-state index is 0.101. The van der Waals surface area contributed by atoms with Crippen molar-refractivity contribution in [2.75, 3.05) is 19.0 Å². The Morgan fingerprint density at radius 2 is 1.92 bits per heavy atom. The molecule has 0 saturated carbocycles. The summed E-state index contributed by atoms with van der Waals surface area (Å²) in [6, 6.07) is 17.7. The number of ether oxygens (including phenoxy) is 2. The van der Waals surface area contributed by atoms with Crippen molar-refractivity contribution in [3.05, 3.63) is 65.9 Å². The zero-order valence-corrected chi connectivity index (χ0v) is 14.3. The normalized spacial score (nSPS) is 10.5. The molecule has 3 rings (SSSR count). The summed E-state index contributed by atoms with van der Waals surface area (Å²) >= 11 is 0. The number of pyridine rings is 1. The molecule has 25 heavy (non-hydrogen) atoms. The van der Waals surface area contributed by atoms with Gasteiger partial charge in [0.1, 0.15) is 18.9 Å². The smallest absolute Gasteiger partial charge is 0.325 e. The van der Waals surface area contributed by atoms with Crippen molar-refractivity contribution in [2.45, 2.75) is 13.5 Å². The Kier molecular flexibility index (Phi) is 5.14. The van der Waals surface area contributed by atoms with Gasteiger partial charge in [-0.05, 0) is 36.8 Å². The molecule has 5 nitrogen and oxygen atoms in total. The van der Waals surface area contributed by atoms with E-state index in [1.165, 1.54) is 7.11 Å². The van der Waals surface area contributed by atoms with Crippen LogP contribution in [0, 0.1) is 6.92 Å². The lowest BCUT2D eigenvalue weighted by Gasteiger charge is -2.12. The van der Waals surface area contributed by atoms with Crippen LogP contribution < -0.4 is 10.1 Å². The van der Waals surface area contributed by atoms with Gasteiger partial charge in [-0.2, -0.15) is 0 Å². The average Bonchev–Trinajstić information content (AvgIpc) is 2.65. The van der Waals surface area contributed by atoms with E-state index in [2.05, 4.69) is 15.0 Å². The van der Waals surface area contributed by atoms with Gasteiger partial charge in [-0.3, -0.25) is 9.78 Å².